The minimum Gasteiger partial charge on any atom is -0.298 e. The Balaban J connectivity index is 3.15. The molecule has 0 fully saturated rings. The third-order valence-corrected chi connectivity index (χ3v) is 0.963. The van der Waals surface area contributed by atoms with Crippen molar-refractivity contribution in [2.75, 3.05) is 5.88 Å². The molecule has 0 saturated heterocycles. The fourth-order valence-electron chi connectivity index (χ4n) is 0.262. The predicted octanol–water partition coefficient (Wildman–Crippen LogP) is 1.10. The fraction of sp³-hybridized carbons (Fsp3) is 0.600. The second kappa shape index (κ2) is 4.61. The van der Waals surface area contributed by atoms with Gasteiger partial charge in [0.15, 0.2) is 0 Å². The van der Waals surface area contributed by atoms with E-state index in [-0.39, 0.29) is 18.1 Å². The van der Waals surface area contributed by atoms with Crippen LogP contribution in [0.25, 0.3) is 0 Å². The monoisotopic (exact) mass is 131 g/mol. The fourth-order valence-corrected chi connectivity index (χ4v) is 0.396. The largest absolute Gasteiger partial charge is 0.298 e. The zero-order chi connectivity index (χ0) is 6.41. The number of nitriles is 1. The van der Waals surface area contributed by atoms with E-state index in [1.165, 1.54) is 0 Å². The number of ketones is 1. The first-order valence-corrected chi connectivity index (χ1v) is 2.79. The van der Waals surface area contributed by atoms with Gasteiger partial charge in [-0.05, 0) is 0 Å². The van der Waals surface area contributed by atoms with Crippen molar-refractivity contribution in [1.82, 2.24) is 0 Å². The maximum Gasteiger partial charge on any atom is 0.148 e. The number of rotatable bonds is 3. The standard InChI is InChI=1S/C5H6ClNO/c6-4-5(8)2-1-3-7/h1-2,4H2. The second-order valence-electron chi connectivity index (χ2n) is 1.33. The molecular weight excluding hydrogens is 126 g/mol. The van der Waals surface area contributed by atoms with Crippen molar-refractivity contribution >= 4 is 17.4 Å². The van der Waals surface area contributed by atoms with Crippen molar-refractivity contribution in [1.29, 1.82) is 5.26 Å². The van der Waals surface area contributed by atoms with E-state index in [9.17, 15) is 4.79 Å². The van der Waals surface area contributed by atoms with Crippen molar-refractivity contribution in [3.63, 3.8) is 0 Å². The van der Waals surface area contributed by atoms with Crippen LogP contribution < -0.4 is 0 Å². The molecule has 8 heavy (non-hydrogen) atoms. The summed E-state index contributed by atoms with van der Waals surface area (Å²) in [6.07, 6.45) is 0.575. The normalized spacial score (nSPS) is 8.00. The lowest BCUT2D eigenvalue weighted by atomic mass is 10.2. The smallest absolute Gasteiger partial charge is 0.148 e. The average molecular weight is 132 g/mol. The summed E-state index contributed by atoms with van der Waals surface area (Å²) in [5, 5.41) is 7.97. The molecule has 0 aromatic carbocycles. The summed E-state index contributed by atoms with van der Waals surface area (Å²) in [5.41, 5.74) is 0. The van der Waals surface area contributed by atoms with E-state index in [1.807, 2.05) is 6.07 Å². The van der Waals surface area contributed by atoms with E-state index in [0.717, 1.165) is 0 Å². The maximum atomic E-state index is 10.3. The van der Waals surface area contributed by atoms with E-state index in [1.54, 1.807) is 0 Å². The molecule has 0 saturated carbocycles. The summed E-state index contributed by atoms with van der Waals surface area (Å²) in [6.45, 7) is 0. The summed E-state index contributed by atoms with van der Waals surface area (Å²) in [5.74, 6) is -0.0324. The molecule has 2 nitrogen and oxygen atoms in total. The number of halogens is 1. The first kappa shape index (κ1) is 7.45. The Morgan fingerprint density at radius 2 is 2.38 bits per heavy atom. The summed E-state index contributed by atoms with van der Waals surface area (Å²) >= 11 is 5.13. The Hall–Kier alpha value is -0.550. The van der Waals surface area contributed by atoms with Gasteiger partial charge in [-0.2, -0.15) is 5.26 Å². The number of hydrogen-bond acceptors (Lipinski definition) is 2. The lowest BCUT2D eigenvalue weighted by molar-refractivity contribution is -0.116. The molecular formula is C5H6ClNO. The first-order chi connectivity index (χ1) is 3.81. The third-order valence-electron chi connectivity index (χ3n) is 0.665. The third kappa shape index (κ3) is 3.63. The zero-order valence-electron chi connectivity index (χ0n) is 4.35. The lowest BCUT2D eigenvalue weighted by Gasteiger charge is -1.84. The van der Waals surface area contributed by atoms with Crippen LogP contribution >= 0.6 is 11.6 Å². The van der Waals surface area contributed by atoms with Crippen molar-refractivity contribution in [2.24, 2.45) is 0 Å². The van der Waals surface area contributed by atoms with Gasteiger partial charge in [0, 0.05) is 12.8 Å². The van der Waals surface area contributed by atoms with Crippen LogP contribution in [-0.4, -0.2) is 11.7 Å². The molecule has 0 amide bonds. The van der Waals surface area contributed by atoms with Gasteiger partial charge in [0.05, 0.1) is 11.9 Å². The number of Topliss-reactive ketones (excluding diaryl/α,β-unsaturated/α-hetero) is 1. The van der Waals surface area contributed by atoms with Gasteiger partial charge in [-0.15, -0.1) is 11.6 Å². The minimum atomic E-state index is -0.0618. The van der Waals surface area contributed by atoms with E-state index in [0.29, 0.717) is 6.42 Å². The van der Waals surface area contributed by atoms with E-state index >= 15 is 0 Å². The summed E-state index contributed by atoms with van der Waals surface area (Å²) in [6, 6.07) is 1.85. The average Bonchev–Trinajstić information content (AvgIpc) is 1.83. The molecule has 0 aliphatic rings. The van der Waals surface area contributed by atoms with Crippen LogP contribution in [0.3, 0.4) is 0 Å². The molecule has 0 aliphatic carbocycles. The Labute approximate surface area is 53.1 Å². The number of carbonyl (C=O) groups excluding carboxylic acids is 1. The van der Waals surface area contributed by atoms with Gasteiger partial charge < -0.3 is 0 Å². The predicted molar refractivity (Wildman–Crippen MR) is 30.6 cm³/mol. The molecule has 0 N–H and O–H groups in total. The van der Waals surface area contributed by atoms with Gasteiger partial charge in [-0.25, -0.2) is 0 Å². The Morgan fingerprint density at radius 3 is 2.75 bits per heavy atom. The van der Waals surface area contributed by atoms with Gasteiger partial charge in [-0.1, -0.05) is 0 Å². The second-order valence-corrected chi connectivity index (χ2v) is 1.60. The van der Waals surface area contributed by atoms with Crippen molar-refractivity contribution in [3.05, 3.63) is 0 Å². The van der Waals surface area contributed by atoms with Gasteiger partial charge in [0.2, 0.25) is 0 Å². The van der Waals surface area contributed by atoms with Crippen LogP contribution in [0.15, 0.2) is 0 Å². The molecule has 3 heteroatoms. The molecule has 0 heterocycles. The van der Waals surface area contributed by atoms with Crippen molar-refractivity contribution < 1.29 is 4.79 Å². The molecule has 0 radical (unpaired) electrons. The molecule has 0 aromatic heterocycles. The summed E-state index contributed by atoms with van der Waals surface area (Å²) < 4.78 is 0. The zero-order valence-corrected chi connectivity index (χ0v) is 5.11. The van der Waals surface area contributed by atoms with E-state index in [2.05, 4.69) is 0 Å². The molecule has 0 spiro atoms. The topological polar surface area (TPSA) is 40.9 Å². The molecule has 0 aromatic rings. The molecule has 0 rings (SSSR count). The van der Waals surface area contributed by atoms with Crippen LogP contribution in [-0.2, 0) is 4.79 Å². The van der Waals surface area contributed by atoms with Crippen LogP contribution in [0, 0.1) is 11.3 Å². The highest BCUT2D eigenvalue weighted by molar-refractivity contribution is 6.27. The van der Waals surface area contributed by atoms with E-state index < -0.39 is 0 Å². The number of hydrogen-bond donors (Lipinski definition) is 0. The van der Waals surface area contributed by atoms with E-state index in [4.69, 9.17) is 16.9 Å². The van der Waals surface area contributed by atoms with Crippen LogP contribution in [0.5, 0.6) is 0 Å². The highest BCUT2D eigenvalue weighted by Gasteiger charge is 1.95. The van der Waals surface area contributed by atoms with Crippen molar-refractivity contribution in [2.45, 2.75) is 12.8 Å². The van der Waals surface area contributed by atoms with Crippen LogP contribution in [0.4, 0.5) is 0 Å². The Bertz CT molecular complexity index is 116. The van der Waals surface area contributed by atoms with Gasteiger partial charge >= 0.3 is 0 Å². The molecule has 0 unspecified atom stereocenters. The number of carbonyl (C=O) groups is 1. The van der Waals surface area contributed by atoms with Gasteiger partial charge in [0.1, 0.15) is 5.78 Å². The minimum absolute atomic E-state index is 0.0294. The summed E-state index contributed by atoms with van der Waals surface area (Å²) in [7, 11) is 0. The van der Waals surface area contributed by atoms with Crippen molar-refractivity contribution in [3.8, 4) is 6.07 Å². The Kier molecular flexibility index (Phi) is 4.29. The number of nitrogens with zero attached hydrogens (tertiary/aromatic N) is 1. The quantitative estimate of drug-likeness (QED) is 0.538. The SMILES string of the molecule is N#CCCC(=O)CCl. The first-order valence-electron chi connectivity index (χ1n) is 2.26. The van der Waals surface area contributed by atoms with Crippen LogP contribution in [0.2, 0.25) is 0 Å². The Morgan fingerprint density at radius 1 is 1.75 bits per heavy atom. The summed E-state index contributed by atoms with van der Waals surface area (Å²) in [4.78, 5) is 10.3. The van der Waals surface area contributed by atoms with Gasteiger partial charge in [0.25, 0.3) is 0 Å². The van der Waals surface area contributed by atoms with Gasteiger partial charge in [-0.3, -0.25) is 4.79 Å². The molecule has 0 aliphatic heterocycles. The molecule has 0 bridgehead atoms. The highest BCUT2D eigenvalue weighted by atomic mass is 35.5. The maximum absolute atomic E-state index is 10.3. The number of alkyl halides is 1. The van der Waals surface area contributed by atoms with Crippen LogP contribution in [0.1, 0.15) is 12.8 Å². The lowest BCUT2D eigenvalue weighted by Crippen LogP contribution is -1.96. The highest BCUT2D eigenvalue weighted by Crippen LogP contribution is 1.89. The molecule has 44 valence electrons. The molecule has 0 atom stereocenters.